The molecule has 0 radical (unpaired) electrons. The summed E-state index contributed by atoms with van der Waals surface area (Å²) in [4.78, 5) is 24.8. The molecule has 1 atom stereocenters. The summed E-state index contributed by atoms with van der Waals surface area (Å²) in [5.41, 5.74) is 0.547. The number of carbonyl (C=O) groups excluding carboxylic acids is 1. The van der Waals surface area contributed by atoms with Gasteiger partial charge in [0.1, 0.15) is 11.9 Å². The minimum absolute atomic E-state index is 0.0218. The van der Waals surface area contributed by atoms with E-state index in [4.69, 9.17) is 5.11 Å². The standard InChI is InChI=1S/C14H15BrFNO3/c15-10-5-4-9(7-11(10)16)8-13(18)17-6-2-1-3-12(17)14(19)20/h4-5,7,12H,1-3,6,8H2,(H,19,20). The van der Waals surface area contributed by atoms with E-state index in [9.17, 15) is 14.0 Å². The van der Waals surface area contributed by atoms with Crippen LogP contribution in [0.5, 0.6) is 0 Å². The van der Waals surface area contributed by atoms with Crippen LogP contribution in [0.15, 0.2) is 22.7 Å². The SMILES string of the molecule is O=C(O)C1CCCCN1C(=O)Cc1ccc(Br)c(F)c1. The van der Waals surface area contributed by atoms with Crippen molar-refractivity contribution in [3.63, 3.8) is 0 Å². The Bertz CT molecular complexity index is 535. The monoisotopic (exact) mass is 343 g/mol. The predicted octanol–water partition coefficient (Wildman–Crippen LogP) is 2.60. The molecule has 108 valence electrons. The number of likely N-dealkylation sites (tertiary alicyclic amines) is 1. The van der Waals surface area contributed by atoms with Crippen molar-refractivity contribution in [3.8, 4) is 0 Å². The van der Waals surface area contributed by atoms with Crippen LogP contribution >= 0.6 is 15.9 Å². The summed E-state index contributed by atoms with van der Waals surface area (Å²) in [6, 6.07) is 3.74. The molecule has 1 unspecified atom stereocenters. The predicted molar refractivity (Wildman–Crippen MR) is 74.8 cm³/mol. The number of aliphatic carboxylic acids is 1. The van der Waals surface area contributed by atoms with Gasteiger partial charge in [0.15, 0.2) is 0 Å². The van der Waals surface area contributed by atoms with Gasteiger partial charge in [-0.15, -0.1) is 0 Å². The second-order valence-corrected chi connectivity index (χ2v) is 5.72. The Kier molecular flexibility index (Phi) is 4.75. The summed E-state index contributed by atoms with van der Waals surface area (Å²) in [6.45, 7) is 0.453. The van der Waals surface area contributed by atoms with Gasteiger partial charge in [0.2, 0.25) is 5.91 Å². The highest BCUT2D eigenvalue weighted by Crippen LogP contribution is 2.20. The molecular weight excluding hydrogens is 329 g/mol. The largest absolute Gasteiger partial charge is 0.480 e. The first-order chi connectivity index (χ1) is 9.49. The molecule has 1 aliphatic rings. The quantitative estimate of drug-likeness (QED) is 0.917. The average molecular weight is 344 g/mol. The third-order valence-corrected chi connectivity index (χ3v) is 4.09. The van der Waals surface area contributed by atoms with Crippen LogP contribution in [-0.4, -0.2) is 34.5 Å². The lowest BCUT2D eigenvalue weighted by Gasteiger charge is -2.33. The molecule has 1 aliphatic heterocycles. The first-order valence-electron chi connectivity index (χ1n) is 6.45. The summed E-state index contributed by atoms with van der Waals surface area (Å²) < 4.78 is 13.8. The van der Waals surface area contributed by atoms with Crippen molar-refractivity contribution in [2.45, 2.75) is 31.7 Å². The van der Waals surface area contributed by atoms with Crippen molar-refractivity contribution in [2.24, 2.45) is 0 Å². The second kappa shape index (κ2) is 6.35. The summed E-state index contributed by atoms with van der Waals surface area (Å²) in [7, 11) is 0. The van der Waals surface area contributed by atoms with Gasteiger partial charge in [-0.05, 0) is 52.9 Å². The highest BCUT2D eigenvalue weighted by atomic mass is 79.9. The number of hydrogen-bond acceptors (Lipinski definition) is 2. The van der Waals surface area contributed by atoms with Crippen molar-refractivity contribution in [1.29, 1.82) is 0 Å². The number of nitrogens with zero attached hydrogens (tertiary/aromatic N) is 1. The molecule has 1 amide bonds. The molecule has 0 bridgehead atoms. The van der Waals surface area contributed by atoms with Crippen molar-refractivity contribution < 1.29 is 19.1 Å². The van der Waals surface area contributed by atoms with E-state index in [1.165, 1.54) is 11.0 Å². The molecule has 1 saturated heterocycles. The van der Waals surface area contributed by atoms with Crippen LogP contribution in [-0.2, 0) is 16.0 Å². The highest BCUT2D eigenvalue weighted by Gasteiger charge is 2.31. The fraction of sp³-hybridized carbons (Fsp3) is 0.429. The van der Waals surface area contributed by atoms with Crippen LogP contribution in [0, 0.1) is 5.82 Å². The van der Waals surface area contributed by atoms with Crippen molar-refractivity contribution in [3.05, 3.63) is 34.1 Å². The molecular formula is C14H15BrFNO3. The van der Waals surface area contributed by atoms with Gasteiger partial charge in [-0.25, -0.2) is 9.18 Å². The maximum Gasteiger partial charge on any atom is 0.326 e. The smallest absolute Gasteiger partial charge is 0.326 e. The molecule has 20 heavy (non-hydrogen) atoms. The maximum absolute atomic E-state index is 13.4. The van der Waals surface area contributed by atoms with Crippen LogP contribution in [0.1, 0.15) is 24.8 Å². The third kappa shape index (κ3) is 3.36. The van der Waals surface area contributed by atoms with Crippen LogP contribution in [0.3, 0.4) is 0 Å². The zero-order valence-electron chi connectivity index (χ0n) is 10.8. The van der Waals surface area contributed by atoms with E-state index in [0.717, 1.165) is 12.8 Å². The molecule has 2 rings (SSSR count). The number of benzene rings is 1. The van der Waals surface area contributed by atoms with Gasteiger partial charge in [-0.2, -0.15) is 0 Å². The number of halogens is 2. The number of amides is 1. The summed E-state index contributed by atoms with van der Waals surface area (Å²) in [5.74, 6) is -1.66. The first-order valence-corrected chi connectivity index (χ1v) is 7.24. The summed E-state index contributed by atoms with van der Waals surface area (Å²) >= 11 is 3.05. The summed E-state index contributed by atoms with van der Waals surface area (Å²) in [5, 5.41) is 9.14. The molecule has 0 spiro atoms. The maximum atomic E-state index is 13.4. The Labute approximate surface area is 124 Å². The van der Waals surface area contributed by atoms with Gasteiger partial charge in [0.25, 0.3) is 0 Å². The number of carboxylic acid groups (broad SMARTS) is 1. The molecule has 0 aliphatic carbocycles. The minimum Gasteiger partial charge on any atom is -0.480 e. The van der Waals surface area contributed by atoms with E-state index in [1.54, 1.807) is 12.1 Å². The third-order valence-electron chi connectivity index (χ3n) is 3.45. The van der Waals surface area contributed by atoms with E-state index >= 15 is 0 Å². The topological polar surface area (TPSA) is 57.6 Å². The molecule has 1 fully saturated rings. The van der Waals surface area contributed by atoms with Gasteiger partial charge in [-0.3, -0.25) is 4.79 Å². The van der Waals surface area contributed by atoms with Crippen LogP contribution in [0.4, 0.5) is 4.39 Å². The fourth-order valence-corrected chi connectivity index (χ4v) is 2.66. The van der Waals surface area contributed by atoms with Gasteiger partial charge in [0.05, 0.1) is 10.9 Å². The Balaban J connectivity index is 2.09. The number of rotatable bonds is 3. The number of hydrogen-bond donors (Lipinski definition) is 1. The fourth-order valence-electron chi connectivity index (χ4n) is 2.41. The van der Waals surface area contributed by atoms with Gasteiger partial charge in [0, 0.05) is 6.54 Å². The highest BCUT2D eigenvalue weighted by molar-refractivity contribution is 9.10. The zero-order chi connectivity index (χ0) is 14.7. The summed E-state index contributed by atoms with van der Waals surface area (Å²) in [6.07, 6.45) is 2.13. The van der Waals surface area contributed by atoms with E-state index < -0.39 is 17.8 Å². The van der Waals surface area contributed by atoms with E-state index in [1.807, 2.05) is 0 Å². The molecule has 0 saturated carbocycles. The molecule has 1 aromatic rings. The lowest BCUT2D eigenvalue weighted by molar-refractivity contribution is -0.151. The molecule has 1 N–H and O–H groups in total. The van der Waals surface area contributed by atoms with Gasteiger partial charge < -0.3 is 10.0 Å². The van der Waals surface area contributed by atoms with Crippen LogP contribution < -0.4 is 0 Å². The molecule has 0 aromatic heterocycles. The zero-order valence-corrected chi connectivity index (χ0v) is 12.4. The molecule has 1 aromatic carbocycles. The first kappa shape index (κ1) is 15.0. The van der Waals surface area contributed by atoms with Crippen molar-refractivity contribution in [1.82, 2.24) is 4.90 Å². The van der Waals surface area contributed by atoms with Gasteiger partial charge in [-0.1, -0.05) is 6.07 Å². The Hall–Kier alpha value is -1.43. The van der Waals surface area contributed by atoms with E-state index in [2.05, 4.69) is 15.9 Å². The minimum atomic E-state index is -0.972. The van der Waals surface area contributed by atoms with Crippen LogP contribution in [0.25, 0.3) is 0 Å². The lowest BCUT2D eigenvalue weighted by Crippen LogP contribution is -2.48. The van der Waals surface area contributed by atoms with Crippen molar-refractivity contribution in [2.75, 3.05) is 6.54 Å². The second-order valence-electron chi connectivity index (χ2n) is 4.86. The average Bonchev–Trinajstić information content (AvgIpc) is 2.43. The van der Waals surface area contributed by atoms with Crippen molar-refractivity contribution >= 4 is 27.8 Å². The molecule has 6 heteroatoms. The normalized spacial score (nSPS) is 18.9. The number of piperidine rings is 1. The molecule has 1 heterocycles. The number of carboxylic acids is 1. The Morgan fingerprint density at radius 1 is 1.40 bits per heavy atom. The van der Waals surface area contributed by atoms with Gasteiger partial charge >= 0.3 is 5.97 Å². The number of carbonyl (C=O) groups is 2. The van der Waals surface area contributed by atoms with E-state index in [0.29, 0.717) is 23.0 Å². The Morgan fingerprint density at radius 2 is 2.15 bits per heavy atom. The Morgan fingerprint density at radius 3 is 2.80 bits per heavy atom. The molecule has 4 nitrogen and oxygen atoms in total. The van der Waals surface area contributed by atoms with E-state index in [-0.39, 0.29) is 12.3 Å². The van der Waals surface area contributed by atoms with Crippen LogP contribution in [0.2, 0.25) is 0 Å². The lowest BCUT2D eigenvalue weighted by atomic mass is 10.0.